The van der Waals surface area contributed by atoms with E-state index >= 15 is 0 Å². The zero-order valence-electron chi connectivity index (χ0n) is 13.4. The Labute approximate surface area is 129 Å². The predicted octanol–water partition coefficient (Wildman–Crippen LogP) is 4.74. The first-order valence-corrected chi connectivity index (χ1v) is 8.63. The van der Waals surface area contributed by atoms with E-state index < -0.39 is 0 Å². The molecule has 1 aliphatic heterocycles. The van der Waals surface area contributed by atoms with Gasteiger partial charge in [-0.3, -0.25) is 9.59 Å². The van der Waals surface area contributed by atoms with Crippen LogP contribution < -0.4 is 0 Å². The lowest BCUT2D eigenvalue weighted by atomic mass is 10.0. The number of carbonyl (C=O) groups excluding carboxylic acids is 2. The molecule has 0 saturated carbocycles. The molecular weight excluding hydrogens is 264 g/mol. The normalized spacial score (nSPS) is 24.1. The molecule has 1 heterocycles. The largest absolute Gasteiger partial charge is 0.458 e. The fourth-order valence-electron chi connectivity index (χ4n) is 2.59. The lowest BCUT2D eigenvalue weighted by Gasteiger charge is -2.14. The van der Waals surface area contributed by atoms with Gasteiger partial charge in [-0.15, -0.1) is 0 Å². The smallest absolute Gasteiger partial charge is 0.306 e. The van der Waals surface area contributed by atoms with Gasteiger partial charge in [0.2, 0.25) is 0 Å². The Hall–Kier alpha value is -1.12. The van der Waals surface area contributed by atoms with Crippen molar-refractivity contribution in [1.29, 1.82) is 0 Å². The molecular formula is C18H30O3. The molecule has 120 valence electrons. The summed E-state index contributed by atoms with van der Waals surface area (Å²) in [6, 6.07) is 0. The van der Waals surface area contributed by atoms with Crippen molar-refractivity contribution in [3.63, 3.8) is 0 Å². The predicted molar refractivity (Wildman–Crippen MR) is 85.1 cm³/mol. The van der Waals surface area contributed by atoms with Gasteiger partial charge >= 0.3 is 5.97 Å². The number of ketones is 1. The lowest BCUT2D eigenvalue weighted by Crippen LogP contribution is -2.16. The van der Waals surface area contributed by atoms with E-state index in [1.54, 1.807) is 12.2 Å². The van der Waals surface area contributed by atoms with Gasteiger partial charge in [0.05, 0.1) is 0 Å². The molecule has 3 nitrogen and oxygen atoms in total. The quantitative estimate of drug-likeness (QED) is 0.555. The summed E-state index contributed by atoms with van der Waals surface area (Å²) in [6.07, 6.45) is 14.8. The summed E-state index contributed by atoms with van der Waals surface area (Å²) in [5.41, 5.74) is 0. The van der Waals surface area contributed by atoms with Gasteiger partial charge in [-0.1, -0.05) is 45.4 Å². The first-order chi connectivity index (χ1) is 10.2. The van der Waals surface area contributed by atoms with Crippen molar-refractivity contribution in [2.45, 2.75) is 90.1 Å². The highest BCUT2D eigenvalue weighted by Gasteiger charge is 2.12. The third-order valence-electron chi connectivity index (χ3n) is 3.93. The zero-order chi connectivity index (χ0) is 15.3. The third-order valence-corrected chi connectivity index (χ3v) is 3.93. The average molecular weight is 294 g/mol. The van der Waals surface area contributed by atoms with Gasteiger partial charge in [-0.05, 0) is 37.8 Å². The molecule has 1 rings (SSSR count). The monoisotopic (exact) mass is 294 g/mol. The van der Waals surface area contributed by atoms with Crippen LogP contribution in [-0.4, -0.2) is 17.9 Å². The van der Waals surface area contributed by atoms with E-state index in [0.29, 0.717) is 12.8 Å². The van der Waals surface area contributed by atoms with Gasteiger partial charge in [0, 0.05) is 12.8 Å². The van der Waals surface area contributed by atoms with Crippen molar-refractivity contribution in [1.82, 2.24) is 0 Å². The molecule has 0 saturated heterocycles. The minimum Gasteiger partial charge on any atom is -0.458 e. The Morgan fingerprint density at radius 3 is 2.38 bits per heavy atom. The maximum absolute atomic E-state index is 11.8. The van der Waals surface area contributed by atoms with Crippen molar-refractivity contribution in [2.75, 3.05) is 0 Å². The van der Waals surface area contributed by atoms with Crippen LogP contribution in [-0.2, 0) is 14.3 Å². The van der Waals surface area contributed by atoms with Crippen molar-refractivity contribution >= 4 is 11.8 Å². The highest BCUT2D eigenvalue weighted by Crippen LogP contribution is 2.14. The van der Waals surface area contributed by atoms with Gasteiger partial charge in [0.15, 0.2) is 5.78 Å². The third kappa shape index (κ3) is 9.43. The number of allylic oxidation sites excluding steroid dienone is 1. The maximum atomic E-state index is 11.8. The number of unbranched alkanes of at least 4 members (excludes halogenated alkanes) is 2. The van der Waals surface area contributed by atoms with Gasteiger partial charge in [-0.25, -0.2) is 0 Å². The first-order valence-electron chi connectivity index (χ1n) is 8.63. The van der Waals surface area contributed by atoms with Crippen molar-refractivity contribution < 1.29 is 14.3 Å². The van der Waals surface area contributed by atoms with Crippen LogP contribution in [0.1, 0.15) is 84.0 Å². The van der Waals surface area contributed by atoms with E-state index in [4.69, 9.17) is 4.74 Å². The minimum absolute atomic E-state index is 0.120. The number of carbonyl (C=O) groups is 2. The highest BCUT2D eigenvalue weighted by atomic mass is 16.5. The summed E-state index contributed by atoms with van der Waals surface area (Å²) >= 11 is 0. The molecule has 1 aliphatic rings. The van der Waals surface area contributed by atoms with Crippen LogP contribution in [0, 0.1) is 0 Å². The van der Waals surface area contributed by atoms with Crippen LogP contribution in [0.15, 0.2) is 12.2 Å². The fraction of sp³-hybridized carbons (Fsp3) is 0.778. The van der Waals surface area contributed by atoms with Gasteiger partial charge in [0.1, 0.15) is 6.10 Å². The van der Waals surface area contributed by atoms with E-state index in [2.05, 4.69) is 6.92 Å². The molecule has 1 unspecified atom stereocenters. The molecule has 0 aromatic rings. The number of ether oxygens (including phenoxy) is 1. The Bertz CT molecular complexity index is 333. The lowest BCUT2D eigenvalue weighted by molar-refractivity contribution is -0.147. The van der Waals surface area contributed by atoms with Crippen LogP contribution >= 0.6 is 0 Å². The Balaban J connectivity index is 2.55. The molecule has 0 aliphatic carbocycles. The van der Waals surface area contributed by atoms with Gasteiger partial charge in [0.25, 0.3) is 0 Å². The van der Waals surface area contributed by atoms with Gasteiger partial charge in [-0.2, -0.15) is 0 Å². The molecule has 0 fully saturated rings. The average Bonchev–Trinajstić information content (AvgIpc) is 2.46. The maximum Gasteiger partial charge on any atom is 0.306 e. The van der Waals surface area contributed by atoms with E-state index in [1.807, 2.05) is 0 Å². The number of esters is 1. The molecule has 0 aromatic carbocycles. The van der Waals surface area contributed by atoms with Crippen molar-refractivity contribution in [3.8, 4) is 0 Å². The van der Waals surface area contributed by atoms with Crippen LogP contribution in [0.4, 0.5) is 0 Å². The molecule has 0 N–H and O–H groups in total. The minimum atomic E-state index is -0.226. The number of hydrogen-bond donors (Lipinski definition) is 0. The second kappa shape index (κ2) is 11.5. The van der Waals surface area contributed by atoms with Crippen molar-refractivity contribution in [3.05, 3.63) is 12.2 Å². The Morgan fingerprint density at radius 2 is 1.67 bits per heavy atom. The number of cyclic esters (lactones) is 1. The van der Waals surface area contributed by atoms with E-state index in [1.165, 1.54) is 0 Å². The topological polar surface area (TPSA) is 43.4 Å². The Kier molecular flexibility index (Phi) is 9.84. The van der Waals surface area contributed by atoms with Crippen LogP contribution in [0.25, 0.3) is 0 Å². The second-order valence-electron chi connectivity index (χ2n) is 5.97. The summed E-state index contributed by atoms with van der Waals surface area (Å²) in [5.74, 6) is 0.0363. The SMILES string of the molecule is CCCCCC1/C=C/C(=O)CCCCCCCCC(=O)O1. The molecule has 3 heteroatoms. The molecule has 0 aromatic heterocycles. The van der Waals surface area contributed by atoms with Crippen LogP contribution in [0.5, 0.6) is 0 Å². The molecule has 0 bridgehead atoms. The molecule has 0 radical (unpaired) electrons. The fourth-order valence-corrected chi connectivity index (χ4v) is 2.59. The molecule has 0 spiro atoms. The summed E-state index contributed by atoms with van der Waals surface area (Å²) in [7, 11) is 0. The Morgan fingerprint density at radius 1 is 1.00 bits per heavy atom. The van der Waals surface area contributed by atoms with E-state index in [9.17, 15) is 9.59 Å². The summed E-state index contributed by atoms with van der Waals surface area (Å²) in [6.45, 7) is 2.15. The highest BCUT2D eigenvalue weighted by molar-refractivity contribution is 5.89. The van der Waals surface area contributed by atoms with Gasteiger partial charge < -0.3 is 4.74 Å². The number of rotatable bonds is 4. The zero-order valence-corrected chi connectivity index (χ0v) is 13.4. The summed E-state index contributed by atoms with van der Waals surface area (Å²) in [4.78, 5) is 23.6. The summed E-state index contributed by atoms with van der Waals surface area (Å²) in [5, 5.41) is 0. The van der Waals surface area contributed by atoms with E-state index in [0.717, 1.165) is 64.2 Å². The first kappa shape index (κ1) is 17.9. The standard InChI is InChI=1S/C18H30O3/c1-2-3-8-12-17-15-14-16(19)11-9-6-4-5-7-10-13-18(20)21-17/h14-15,17H,2-13H2,1H3/b15-14+. The summed E-state index contributed by atoms with van der Waals surface area (Å²) < 4.78 is 5.51. The number of hydrogen-bond acceptors (Lipinski definition) is 3. The molecule has 21 heavy (non-hydrogen) atoms. The van der Waals surface area contributed by atoms with Crippen molar-refractivity contribution in [2.24, 2.45) is 0 Å². The molecule has 0 amide bonds. The van der Waals surface area contributed by atoms with Crippen LogP contribution in [0.3, 0.4) is 0 Å². The van der Waals surface area contributed by atoms with Crippen LogP contribution in [0.2, 0.25) is 0 Å². The molecule has 1 atom stereocenters. The van der Waals surface area contributed by atoms with E-state index in [-0.39, 0.29) is 17.9 Å². The second-order valence-corrected chi connectivity index (χ2v) is 5.97.